The quantitative estimate of drug-likeness (QED) is 0.746. The van der Waals surface area contributed by atoms with Crippen molar-refractivity contribution >= 4 is 0 Å². The van der Waals surface area contributed by atoms with Gasteiger partial charge in [0.25, 0.3) is 0 Å². The second kappa shape index (κ2) is 6.61. The van der Waals surface area contributed by atoms with Crippen LogP contribution in [0, 0.1) is 11.8 Å². The van der Waals surface area contributed by atoms with Gasteiger partial charge in [-0.3, -0.25) is 0 Å². The second-order valence-electron chi connectivity index (χ2n) is 5.92. The Morgan fingerprint density at radius 1 is 1.12 bits per heavy atom. The molecule has 0 aromatic heterocycles. The van der Waals surface area contributed by atoms with Gasteiger partial charge in [0, 0.05) is 6.54 Å². The molecule has 2 heteroatoms. The van der Waals surface area contributed by atoms with Crippen LogP contribution in [-0.4, -0.2) is 37.6 Å². The number of nitrogens with zero attached hydrogens (tertiary/aromatic N) is 1. The van der Waals surface area contributed by atoms with E-state index in [1.807, 2.05) is 0 Å². The van der Waals surface area contributed by atoms with Gasteiger partial charge in [-0.1, -0.05) is 19.8 Å². The molecule has 2 rings (SSSR count). The highest BCUT2D eigenvalue weighted by Crippen LogP contribution is 2.23. The maximum atomic E-state index is 3.67. The van der Waals surface area contributed by atoms with Crippen LogP contribution in [0.3, 0.4) is 0 Å². The Bertz CT molecular complexity index is 181. The summed E-state index contributed by atoms with van der Waals surface area (Å²) in [6, 6.07) is 0. The monoisotopic (exact) mass is 224 g/mol. The van der Waals surface area contributed by atoms with Crippen LogP contribution in [0.2, 0.25) is 0 Å². The van der Waals surface area contributed by atoms with E-state index < -0.39 is 0 Å². The molecule has 1 N–H and O–H groups in total. The van der Waals surface area contributed by atoms with Crippen LogP contribution in [0.1, 0.15) is 45.4 Å². The molecule has 1 heterocycles. The van der Waals surface area contributed by atoms with E-state index in [2.05, 4.69) is 17.1 Å². The van der Waals surface area contributed by atoms with Crippen LogP contribution < -0.4 is 5.32 Å². The third-order valence-electron chi connectivity index (χ3n) is 4.17. The van der Waals surface area contributed by atoms with Gasteiger partial charge in [0.15, 0.2) is 0 Å². The Labute approximate surface area is 101 Å². The van der Waals surface area contributed by atoms with Crippen LogP contribution in [0.15, 0.2) is 0 Å². The van der Waals surface area contributed by atoms with Gasteiger partial charge in [-0.15, -0.1) is 0 Å². The molecule has 1 saturated heterocycles. The van der Waals surface area contributed by atoms with Gasteiger partial charge >= 0.3 is 0 Å². The Kier molecular flexibility index (Phi) is 5.11. The van der Waals surface area contributed by atoms with Gasteiger partial charge in [-0.2, -0.15) is 0 Å². The van der Waals surface area contributed by atoms with Gasteiger partial charge in [0.05, 0.1) is 0 Å². The Hall–Kier alpha value is -0.0800. The molecule has 2 fully saturated rings. The fraction of sp³-hybridized carbons (Fsp3) is 1.00. The number of nitrogens with one attached hydrogen (secondary N) is 1. The second-order valence-corrected chi connectivity index (χ2v) is 5.92. The van der Waals surface area contributed by atoms with Crippen molar-refractivity contribution in [3.8, 4) is 0 Å². The summed E-state index contributed by atoms with van der Waals surface area (Å²) in [5.41, 5.74) is 0. The van der Waals surface area contributed by atoms with Gasteiger partial charge in [0.2, 0.25) is 0 Å². The standard InChI is InChI=1S/C14H28N2/c1-13(12-16-8-4-5-9-16)10-15-11-14-6-2-3-7-14/h13-15H,2-12H2,1H3. The lowest BCUT2D eigenvalue weighted by Crippen LogP contribution is -2.33. The minimum Gasteiger partial charge on any atom is -0.316 e. The topological polar surface area (TPSA) is 15.3 Å². The fourth-order valence-corrected chi connectivity index (χ4v) is 3.22. The van der Waals surface area contributed by atoms with Gasteiger partial charge in [-0.05, 0) is 63.7 Å². The smallest absolute Gasteiger partial charge is 0.00191 e. The van der Waals surface area contributed by atoms with Crippen molar-refractivity contribution in [2.75, 3.05) is 32.7 Å². The van der Waals surface area contributed by atoms with Gasteiger partial charge in [-0.25, -0.2) is 0 Å². The molecule has 16 heavy (non-hydrogen) atoms. The van der Waals surface area contributed by atoms with Crippen molar-refractivity contribution in [3.05, 3.63) is 0 Å². The lowest BCUT2D eigenvalue weighted by Gasteiger charge is -2.21. The Morgan fingerprint density at radius 2 is 1.81 bits per heavy atom. The van der Waals surface area contributed by atoms with E-state index in [1.54, 1.807) is 0 Å². The molecule has 1 aliphatic heterocycles. The molecule has 2 nitrogen and oxygen atoms in total. The van der Waals surface area contributed by atoms with Crippen molar-refractivity contribution in [2.45, 2.75) is 45.4 Å². The highest BCUT2D eigenvalue weighted by atomic mass is 15.1. The highest BCUT2D eigenvalue weighted by Gasteiger charge is 2.16. The summed E-state index contributed by atoms with van der Waals surface area (Å²) < 4.78 is 0. The molecule has 0 aromatic carbocycles. The summed E-state index contributed by atoms with van der Waals surface area (Å²) in [6.45, 7) is 8.86. The van der Waals surface area contributed by atoms with E-state index in [-0.39, 0.29) is 0 Å². The van der Waals surface area contributed by atoms with E-state index in [9.17, 15) is 0 Å². The molecule has 2 aliphatic rings. The van der Waals surface area contributed by atoms with Crippen LogP contribution in [0.4, 0.5) is 0 Å². The average Bonchev–Trinajstić information content (AvgIpc) is 2.90. The zero-order chi connectivity index (χ0) is 11.2. The zero-order valence-corrected chi connectivity index (χ0v) is 10.9. The number of likely N-dealkylation sites (tertiary alicyclic amines) is 1. The van der Waals surface area contributed by atoms with Crippen molar-refractivity contribution in [2.24, 2.45) is 11.8 Å². The molecule has 1 unspecified atom stereocenters. The van der Waals surface area contributed by atoms with Crippen LogP contribution in [-0.2, 0) is 0 Å². The largest absolute Gasteiger partial charge is 0.316 e. The molecule has 0 amide bonds. The summed E-state index contributed by atoms with van der Waals surface area (Å²) in [7, 11) is 0. The number of hydrogen-bond acceptors (Lipinski definition) is 2. The normalized spacial score (nSPS) is 25.3. The number of hydrogen-bond donors (Lipinski definition) is 1. The third-order valence-corrected chi connectivity index (χ3v) is 4.17. The SMILES string of the molecule is CC(CNCC1CCCC1)CN1CCCC1. The van der Waals surface area contributed by atoms with Gasteiger partial charge in [0.1, 0.15) is 0 Å². The third kappa shape index (κ3) is 4.06. The first kappa shape index (κ1) is 12.4. The van der Waals surface area contributed by atoms with Crippen LogP contribution in [0.5, 0.6) is 0 Å². The van der Waals surface area contributed by atoms with Crippen molar-refractivity contribution < 1.29 is 0 Å². The average molecular weight is 224 g/mol. The first-order chi connectivity index (χ1) is 7.84. The molecule has 1 saturated carbocycles. The van der Waals surface area contributed by atoms with Crippen molar-refractivity contribution in [1.82, 2.24) is 10.2 Å². The summed E-state index contributed by atoms with van der Waals surface area (Å²) in [6.07, 6.45) is 8.71. The van der Waals surface area contributed by atoms with E-state index in [1.165, 1.54) is 71.2 Å². The van der Waals surface area contributed by atoms with Crippen molar-refractivity contribution in [1.29, 1.82) is 0 Å². The molecule has 0 spiro atoms. The predicted octanol–water partition coefficient (Wildman–Crippen LogP) is 2.50. The first-order valence-corrected chi connectivity index (χ1v) is 7.27. The lowest BCUT2D eigenvalue weighted by atomic mass is 10.1. The molecule has 0 bridgehead atoms. The molecule has 0 aromatic rings. The summed E-state index contributed by atoms with van der Waals surface area (Å²) in [5.74, 6) is 1.80. The van der Waals surface area contributed by atoms with Crippen molar-refractivity contribution in [3.63, 3.8) is 0 Å². The van der Waals surface area contributed by atoms with E-state index in [0.29, 0.717) is 0 Å². The van der Waals surface area contributed by atoms with Crippen LogP contribution >= 0.6 is 0 Å². The maximum absolute atomic E-state index is 3.67. The molecule has 94 valence electrons. The fourth-order valence-electron chi connectivity index (χ4n) is 3.22. The minimum atomic E-state index is 0.819. The molecule has 1 atom stereocenters. The Balaban J connectivity index is 1.51. The summed E-state index contributed by atoms with van der Waals surface area (Å²) >= 11 is 0. The minimum absolute atomic E-state index is 0.819. The lowest BCUT2D eigenvalue weighted by molar-refractivity contribution is 0.280. The molecular weight excluding hydrogens is 196 g/mol. The predicted molar refractivity (Wildman–Crippen MR) is 69.7 cm³/mol. The van der Waals surface area contributed by atoms with E-state index in [4.69, 9.17) is 0 Å². The maximum Gasteiger partial charge on any atom is 0.00191 e. The molecular formula is C14H28N2. The summed E-state index contributed by atoms with van der Waals surface area (Å²) in [5, 5.41) is 3.67. The number of rotatable bonds is 6. The van der Waals surface area contributed by atoms with Crippen LogP contribution in [0.25, 0.3) is 0 Å². The first-order valence-electron chi connectivity index (χ1n) is 7.27. The molecule has 0 radical (unpaired) electrons. The van der Waals surface area contributed by atoms with Gasteiger partial charge < -0.3 is 10.2 Å². The summed E-state index contributed by atoms with van der Waals surface area (Å²) in [4.78, 5) is 2.63. The van der Waals surface area contributed by atoms with E-state index >= 15 is 0 Å². The zero-order valence-electron chi connectivity index (χ0n) is 10.9. The Morgan fingerprint density at radius 3 is 2.50 bits per heavy atom. The molecule has 1 aliphatic carbocycles. The highest BCUT2D eigenvalue weighted by molar-refractivity contribution is 4.72. The van der Waals surface area contributed by atoms with E-state index in [0.717, 1.165) is 11.8 Å².